The number of hydrogen-bond acceptors (Lipinski definition) is 6. The summed E-state index contributed by atoms with van der Waals surface area (Å²) in [6.07, 6.45) is 7.22. The molecular weight excluding hydrogens is 354 g/mol. The lowest BCUT2D eigenvalue weighted by atomic mass is 10.2. The maximum Gasteiger partial charge on any atom is 0.179 e. The molecule has 0 spiro atoms. The van der Waals surface area contributed by atoms with E-state index in [1.54, 1.807) is 13.3 Å². The largest absolute Gasteiger partial charge is 0.491 e. The molecule has 3 aromatic rings. The van der Waals surface area contributed by atoms with Crippen LogP contribution in [0.15, 0.2) is 30.6 Å². The van der Waals surface area contributed by atoms with Gasteiger partial charge in [-0.3, -0.25) is 0 Å². The minimum atomic E-state index is 0.643. The first kappa shape index (κ1) is 18.6. The van der Waals surface area contributed by atoms with Crippen LogP contribution in [0.25, 0.3) is 11.0 Å². The van der Waals surface area contributed by atoms with Crippen LogP contribution in [0.2, 0.25) is 0 Å². The molecule has 1 fully saturated rings. The quantitative estimate of drug-likeness (QED) is 0.577. The number of nitrogens with one attached hydrogen (secondary N) is 2. The van der Waals surface area contributed by atoms with Gasteiger partial charge in [0.1, 0.15) is 11.5 Å². The van der Waals surface area contributed by atoms with Gasteiger partial charge in [-0.25, -0.2) is 9.97 Å². The Labute approximate surface area is 165 Å². The van der Waals surface area contributed by atoms with Crippen molar-refractivity contribution in [1.82, 2.24) is 19.9 Å². The van der Waals surface area contributed by atoms with Crippen molar-refractivity contribution in [2.24, 2.45) is 0 Å². The number of aromatic nitrogens is 3. The Morgan fingerprint density at radius 2 is 2.07 bits per heavy atom. The Kier molecular flexibility index (Phi) is 5.62. The third-order valence-electron chi connectivity index (χ3n) is 5.05. The molecule has 28 heavy (non-hydrogen) atoms. The molecule has 1 aliphatic heterocycles. The van der Waals surface area contributed by atoms with Crippen LogP contribution in [0.4, 0.5) is 11.5 Å². The van der Waals surface area contributed by atoms with Gasteiger partial charge < -0.3 is 24.7 Å². The van der Waals surface area contributed by atoms with Crippen LogP contribution in [-0.2, 0) is 0 Å². The second-order valence-corrected chi connectivity index (χ2v) is 7.15. The highest BCUT2D eigenvalue weighted by molar-refractivity contribution is 5.91. The van der Waals surface area contributed by atoms with Gasteiger partial charge >= 0.3 is 0 Å². The van der Waals surface area contributed by atoms with Crippen LogP contribution < -0.4 is 14.8 Å². The third-order valence-corrected chi connectivity index (χ3v) is 5.05. The molecule has 4 rings (SSSR count). The maximum absolute atomic E-state index is 6.01. The van der Waals surface area contributed by atoms with Gasteiger partial charge in [-0.05, 0) is 51.4 Å². The Hall–Kier alpha value is -2.80. The minimum absolute atomic E-state index is 0.643. The van der Waals surface area contributed by atoms with Gasteiger partial charge in [0, 0.05) is 29.9 Å². The van der Waals surface area contributed by atoms with Crippen molar-refractivity contribution in [3.8, 4) is 11.5 Å². The molecule has 4 heterocycles. The molecule has 0 unspecified atom stereocenters. The standard InChI is InChI=1S/C21H27N5O2/c1-15-12-17(16-6-7-22-21(16)24-15)25-20-13-18(19(27-2)14-23-20)28-11-5-10-26-8-3-4-9-26/h6-7,12-14H,3-5,8-11H2,1-2H3,(H2,22,23,24,25). The van der Waals surface area contributed by atoms with Crippen molar-refractivity contribution in [1.29, 1.82) is 0 Å². The molecule has 0 atom stereocenters. The van der Waals surface area contributed by atoms with Crippen molar-refractivity contribution in [3.63, 3.8) is 0 Å². The molecule has 0 aromatic carbocycles. The predicted octanol–water partition coefficient (Wildman–Crippen LogP) is 3.88. The zero-order valence-electron chi connectivity index (χ0n) is 16.5. The van der Waals surface area contributed by atoms with Gasteiger partial charge in [-0.2, -0.15) is 0 Å². The van der Waals surface area contributed by atoms with Gasteiger partial charge in [0.15, 0.2) is 11.5 Å². The van der Waals surface area contributed by atoms with Crippen molar-refractivity contribution >= 4 is 22.5 Å². The molecule has 0 bridgehead atoms. The van der Waals surface area contributed by atoms with E-state index in [1.165, 1.54) is 25.9 Å². The van der Waals surface area contributed by atoms with Crippen LogP contribution in [-0.4, -0.2) is 53.2 Å². The number of fused-ring (bicyclic) bond motifs is 1. The monoisotopic (exact) mass is 381 g/mol. The van der Waals surface area contributed by atoms with E-state index in [-0.39, 0.29) is 0 Å². The second kappa shape index (κ2) is 8.48. The number of ether oxygens (including phenoxy) is 2. The fraction of sp³-hybridized carbons (Fsp3) is 0.429. The summed E-state index contributed by atoms with van der Waals surface area (Å²) in [6.45, 7) is 6.14. The van der Waals surface area contributed by atoms with Crippen LogP contribution in [0, 0.1) is 6.92 Å². The van der Waals surface area contributed by atoms with Crippen molar-refractivity contribution < 1.29 is 9.47 Å². The summed E-state index contributed by atoms with van der Waals surface area (Å²) in [5.74, 6) is 2.06. The Balaban J connectivity index is 1.45. The van der Waals surface area contributed by atoms with E-state index in [1.807, 2.05) is 31.3 Å². The molecule has 7 nitrogen and oxygen atoms in total. The van der Waals surface area contributed by atoms with Crippen molar-refractivity contribution in [3.05, 3.63) is 36.3 Å². The Morgan fingerprint density at radius 1 is 1.21 bits per heavy atom. The molecule has 7 heteroatoms. The van der Waals surface area contributed by atoms with Crippen molar-refractivity contribution in [2.45, 2.75) is 26.2 Å². The molecule has 148 valence electrons. The van der Waals surface area contributed by atoms with E-state index in [0.29, 0.717) is 23.9 Å². The SMILES string of the molecule is COc1cnc(Nc2cc(C)nc3[nH]ccc23)cc1OCCCN1CCCC1. The molecular formula is C21H27N5O2. The number of nitrogens with zero attached hydrogens (tertiary/aromatic N) is 3. The fourth-order valence-corrected chi connectivity index (χ4v) is 3.64. The second-order valence-electron chi connectivity index (χ2n) is 7.15. The predicted molar refractivity (Wildman–Crippen MR) is 111 cm³/mol. The van der Waals surface area contributed by atoms with Gasteiger partial charge in [0.2, 0.25) is 0 Å². The summed E-state index contributed by atoms with van der Waals surface area (Å²) in [5.41, 5.74) is 2.75. The first-order valence-corrected chi connectivity index (χ1v) is 9.84. The number of anilines is 2. The van der Waals surface area contributed by atoms with Crippen LogP contribution in [0.1, 0.15) is 25.0 Å². The van der Waals surface area contributed by atoms with Crippen LogP contribution >= 0.6 is 0 Å². The summed E-state index contributed by atoms with van der Waals surface area (Å²) in [6, 6.07) is 5.91. The highest BCUT2D eigenvalue weighted by Crippen LogP contribution is 2.31. The lowest BCUT2D eigenvalue weighted by Crippen LogP contribution is -2.21. The molecule has 1 saturated heterocycles. The number of aromatic amines is 1. The zero-order chi connectivity index (χ0) is 19.3. The molecule has 3 aromatic heterocycles. The van der Waals surface area contributed by atoms with Gasteiger partial charge in [0.25, 0.3) is 0 Å². The minimum Gasteiger partial charge on any atom is -0.491 e. The molecule has 0 saturated carbocycles. The van der Waals surface area contributed by atoms with Crippen LogP contribution in [0.5, 0.6) is 11.5 Å². The summed E-state index contributed by atoms with van der Waals surface area (Å²) < 4.78 is 11.4. The maximum atomic E-state index is 6.01. The summed E-state index contributed by atoms with van der Waals surface area (Å²) in [5, 5.41) is 4.41. The first-order chi connectivity index (χ1) is 13.7. The number of hydrogen-bond donors (Lipinski definition) is 2. The number of H-pyrrole nitrogens is 1. The lowest BCUT2D eigenvalue weighted by Gasteiger charge is -2.16. The van der Waals surface area contributed by atoms with Crippen LogP contribution in [0.3, 0.4) is 0 Å². The highest BCUT2D eigenvalue weighted by Gasteiger charge is 2.12. The number of methoxy groups -OCH3 is 1. The van der Waals surface area contributed by atoms with Crippen molar-refractivity contribution in [2.75, 3.05) is 38.7 Å². The summed E-state index contributed by atoms with van der Waals surface area (Å²) >= 11 is 0. The average molecular weight is 381 g/mol. The molecule has 2 N–H and O–H groups in total. The van der Waals surface area contributed by atoms with E-state index in [0.717, 1.165) is 35.4 Å². The van der Waals surface area contributed by atoms with E-state index in [2.05, 4.69) is 25.2 Å². The fourth-order valence-electron chi connectivity index (χ4n) is 3.64. The third kappa shape index (κ3) is 4.20. The van der Waals surface area contributed by atoms with E-state index < -0.39 is 0 Å². The number of likely N-dealkylation sites (tertiary alicyclic amines) is 1. The Bertz CT molecular complexity index is 934. The summed E-state index contributed by atoms with van der Waals surface area (Å²) in [4.78, 5) is 14.6. The Morgan fingerprint density at radius 3 is 2.89 bits per heavy atom. The topological polar surface area (TPSA) is 75.3 Å². The lowest BCUT2D eigenvalue weighted by molar-refractivity contribution is 0.254. The normalized spacial score (nSPS) is 14.5. The summed E-state index contributed by atoms with van der Waals surface area (Å²) in [7, 11) is 1.64. The zero-order valence-corrected chi connectivity index (χ0v) is 16.5. The average Bonchev–Trinajstić information content (AvgIpc) is 3.37. The number of rotatable bonds is 8. The highest BCUT2D eigenvalue weighted by atomic mass is 16.5. The van der Waals surface area contributed by atoms with E-state index >= 15 is 0 Å². The van der Waals surface area contributed by atoms with Gasteiger partial charge in [-0.1, -0.05) is 0 Å². The number of pyridine rings is 2. The van der Waals surface area contributed by atoms with E-state index in [4.69, 9.17) is 9.47 Å². The number of aryl methyl sites for hydroxylation is 1. The van der Waals surface area contributed by atoms with Gasteiger partial charge in [0.05, 0.1) is 25.6 Å². The van der Waals surface area contributed by atoms with E-state index in [9.17, 15) is 0 Å². The first-order valence-electron chi connectivity index (χ1n) is 9.84. The smallest absolute Gasteiger partial charge is 0.179 e. The molecule has 1 aliphatic rings. The molecule has 0 aliphatic carbocycles. The molecule has 0 amide bonds. The molecule has 0 radical (unpaired) electrons. The van der Waals surface area contributed by atoms with Gasteiger partial charge in [-0.15, -0.1) is 0 Å².